The van der Waals surface area contributed by atoms with Crippen molar-refractivity contribution in [2.75, 3.05) is 20.0 Å². The summed E-state index contributed by atoms with van der Waals surface area (Å²) in [5.41, 5.74) is 0. The van der Waals surface area contributed by atoms with Crippen molar-refractivity contribution in [2.45, 2.75) is 16.2 Å². The smallest absolute Gasteiger partial charge is 0.146 e. The van der Waals surface area contributed by atoms with Gasteiger partial charge in [0.25, 0.3) is 0 Å². The number of aliphatic hydroxyl groups excluding tert-OH is 1. The highest BCUT2D eigenvalue weighted by atomic mass is 79.9. The first-order chi connectivity index (χ1) is 7.77. The predicted octanol–water partition coefficient (Wildman–Crippen LogP) is 2.28. The zero-order valence-electron chi connectivity index (χ0n) is 8.64. The third kappa shape index (κ3) is 3.21. The van der Waals surface area contributed by atoms with Crippen LogP contribution in [-0.2, 0) is 9.47 Å². The van der Waals surface area contributed by atoms with E-state index >= 15 is 0 Å². The Bertz CT molecular complexity index is 348. The molecule has 1 heterocycles. The molecule has 0 saturated carbocycles. The predicted molar refractivity (Wildman–Crippen MR) is 66.6 cm³/mol. The fourth-order valence-electron chi connectivity index (χ4n) is 1.43. The van der Waals surface area contributed by atoms with Crippen LogP contribution in [0, 0.1) is 0 Å². The lowest BCUT2D eigenvalue weighted by atomic mass is 10.3. The van der Waals surface area contributed by atoms with E-state index in [1.54, 1.807) is 11.8 Å². The van der Waals surface area contributed by atoms with Crippen LogP contribution in [0.1, 0.15) is 0 Å². The maximum absolute atomic E-state index is 9.86. The molecule has 1 N–H and O–H groups in total. The van der Waals surface area contributed by atoms with Gasteiger partial charge in [-0.2, -0.15) is 0 Å². The molecule has 0 bridgehead atoms. The normalized spacial score (nSPS) is 26.4. The largest absolute Gasteiger partial charge is 0.389 e. The van der Waals surface area contributed by atoms with Gasteiger partial charge in [-0.25, -0.2) is 0 Å². The minimum Gasteiger partial charge on any atom is -0.389 e. The standard InChI is InChI=1S/C11H13BrO3S/c12-8-3-1-2-4-10(8)16-11-6-15-7-14-5-9(11)13/h1-4,9,11,13H,5-7H2/t9-,11-/m1/s1. The van der Waals surface area contributed by atoms with Gasteiger partial charge < -0.3 is 14.6 Å². The van der Waals surface area contributed by atoms with E-state index in [0.717, 1.165) is 9.37 Å². The van der Waals surface area contributed by atoms with Crippen molar-refractivity contribution in [3.63, 3.8) is 0 Å². The van der Waals surface area contributed by atoms with Crippen LogP contribution in [0.2, 0.25) is 0 Å². The molecule has 3 nitrogen and oxygen atoms in total. The molecule has 1 aliphatic rings. The van der Waals surface area contributed by atoms with Crippen molar-refractivity contribution in [3.05, 3.63) is 28.7 Å². The zero-order chi connectivity index (χ0) is 11.4. The molecule has 1 aromatic carbocycles. The second kappa shape index (κ2) is 6.02. The number of ether oxygens (including phenoxy) is 2. The van der Waals surface area contributed by atoms with Gasteiger partial charge in [-0.1, -0.05) is 12.1 Å². The van der Waals surface area contributed by atoms with Crippen LogP contribution >= 0.6 is 27.7 Å². The molecule has 2 rings (SSSR count). The van der Waals surface area contributed by atoms with E-state index < -0.39 is 6.10 Å². The molecule has 0 spiro atoms. The summed E-state index contributed by atoms with van der Waals surface area (Å²) in [6, 6.07) is 7.96. The van der Waals surface area contributed by atoms with Crippen molar-refractivity contribution in [1.82, 2.24) is 0 Å². The lowest BCUT2D eigenvalue weighted by molar-refractivity contribution is -0.0420. The topological polar surface area (TPSA) is 38.7 Å². The van der Waals surface area contributed by atoms with Gasteiger partial charge >= 0.3 is 0 Å². The maximum Gasteiger partial charge on any atom is 0.146 e. The van der Waals surface area contributed by atoms with Crippen LogP contribution in [-0.4, -0.2) is 36.5 Å². The van der Waals surface area contributed by atoms with Gasteiger partial charge in [0.2, 0.25) is 0 Å². The Morgan fingerprint density at radius 2 is 2.00 bits per heavy atom. The van der Waals surface area contributed by atoms with Crippen LogP contribution in [0.3, 0.4) is 0 Å². The Morgan fingerprint density at radius 1 is 1.25 bits per heavy atom. The second-order valence-electron chi connectivity index (χ2n) is 3.51. The molecule has 88 valence electrons. The number of thioether (sulfide) groups is 1. The third-order valence-corrected chi connectivity index (χ3v) is 4.60. The minimum absolute atomic E-state index is 0.0150. The Hall–Kier alpha value is -0.0700. The first-order valence-electron chi connectivity index (χ1n) is 5.02. The Balaban J connectivity index is 2.05. The Morgan fingerprint density at radius 3 is 2.81 bits per heavy atom. The van der Waals surface area contributed by atoms with Gasteiger partial charge in [-0.3, -0.25) is 0 Å². The van der Waals surface area contributed by atoms with E-state index in [2.05, 4.69) is 15.9 Å². The van der Waals surface area contributed by atoms with E-state index in [1.807, 2.05) is 24.3 Å². The summed E-state index contributed by atoms with van der Waals surface area (Å²) in [5, 5.41) is 9.88. The number of benzene rings is 1. The van der Waals surface area contributed by atoms with E-state index in [-0.39, 0.29) is 12.0 Å². The average molecular weight is 305 g/mol. The Kier molecular flexibility index (Phi) is 4.66. The van der Waals surface area contributed by atoms with Gasteiger partial charge in [-0.05, 0) is 28.1 Å². The monoisotopic (exact) mass is 304 g/mol. The fourth-order valence-corrected chi connectivity index (χ4v) is 3.06. The van der Waals surface area contributed by atoms with Crippen LogP contribution in [0.25, 0.3) is 0 Å². The lowest BCUT2D eigenvalue weighted by Crippen LogP contribution is -2.28. The molecule has 5 heteroatoms. The molecule has 0 unspecified atom stereocenters. The zero-order valence-corrected chi connectivity index (χ0v) is 11.0. The molecule has 1 aromatic rings. The highest BCUT2D eigenvalue weighted by Gasteiger charge is 2.24. The molecule has 0 radical (unpaired) electrons. The van der Waals surface area contributed by atoms with Gasteiger partial charge in [0.05, 0.1) is 24.6 Å². The highest BCUT2D eigenvalue weighted by Crippen LogP contribution is 2.32. The van der Waals surface area contributed by atoms with Crippen molar-refractivity contribution in [3.8, 4) is 0 Å². The van der Waals surface area contributed by atoms with E-state index in [1.165, 1.54) is 0 Å². The Labute approximate surface area is 107 Å². The summed E-state index contributed by atoms with van der Waals surface area (Å²) < 4.78 is 11.4. The molecule has 16 heavy (non-hydrogen) atoms. The van der Waals surface area contributed by atoms with Crippen molar-refractivity contribution in [2.24, 2.45) is 0 Å². The summed E-state index contributed by atoms with van der Waals surface area (Å²) >= 11 is 5.10. The first-order valence-corrected chi connectivity index (χ1v) is 6.69. The average Bonchev–Trinajstić information content (AvgIpc) is 2.48. The van der Waals surface area contributed by atoms with Gasteiger partial charge in [0.15, 0.2) is 0 Å². The number of rotatable bonds is 2. The molecular weight excluding hydrogens is 292 g/mol. The molecule has 1 aliphatic heterocycles. The summed E-state index contributed by atoms with van der Waals surface area (Å²) in [5.74, 6) is 0. The van der Waals surface area contributed by atoms with Gasteiger partial charge in [0, 0.05) is 9.37 Å². The highest BCUT2D eigenvalue weighted by molar-refractivity contribution is 9.10. The second-order valence-corrected chi connectivity index (χ2v) is 5.65. The summed E-state index contributed by atoms with van der Waals surface area (Å²) in [7, 11) is 0. The van der Waals surface area contributed by atoms with Crippen LogP contribution < -0.4 is 0 Å². The summed E-state index contributed by atoms with van der Waals surface area (Å²) in [6.07, 6.45) is -0.486. The molecule has 0 aliphatic carbocycles. The first kappa shape index (κ1) is 12.4. The molecule has 0 amide bonds. The van der Waals surface area contributed by atoms with E-state index in [4.69, 9.17) is 9.47 Å². The molecular formula is C11H13BrO3S. The molecule has 0 aromatic heterocycles. The van der Waals surface area contributed by atoms with Crippen molar-refractivity contribution < 1.29 is 14.6 Å². The molecule has 1 saturated heterocycles. The van der Waals surface area contributed by atoms with Crippen molar-refractivity contribution >= 4 is 27.7 Å². The number of hydrogen-bond acceptors (Lipinski definition) is 4. The number of hydrogen-bond donors (Lipinski definition) is 1. The SMILES string of the molecule is O[C@@H]1COCOC[C@H]1Sc1ccccc1Br. The quantitative estimate of drug-likeness (QED) is 0.910. The summed E-state index contributed by atoms with van der Waals surface area (Å²) in [4.78, 5) is 1.11. The van der Waals surface area contributed by atoms with E-state index in [0.29, 0.717) is 13.2 Å². The molecule has 1 fully saturated rings. The van der Waals surface area contributed by atoms with Crippen molar-refractivity contribution in [1.29, 1.82) is 0 Å². The van der Waals surface area contributed by atoms with E-state index in [9.17, 15) is 5.11 Å². The molecule has 2 atom stereocenters. The number of aliphatic hydroxyl groups is 1. The fraction of sp³-hybridized carbons (Fsp3) is 0.455. The number of halogens is 1. The lowest BCUT2D eigenvalue weighted by Gasteiger charge is -2.18. The summed E-state index contributed by atoms with van der Waals surface area (Å²) in [6.45, 7) is 1.11. The third-order valence-electron chi connectivity index (χ3n) is 2.28. The van der Waals surface area contributed by atoms with Crippen LogP contribution in [0.15, 0.2) is 33.6 Å². The maximum atomic E-state index is 9.86. The van der Waals surface area contributed by atoms with Gasteiger partial charge in [-0.15, -0.1) is 11.8 Å². The minimum atomic E-state index is -0.486. The van der Waals surface area contributed by atoms with Crippen LogP contribution in [0.4, 0.5) is 0 Å². The van der Waals surface area contributed by atoms with Crippen LogP contribution in [0.5, 0.6) is 0 Å². The van der Waals surface area contributed by atoms with Gasteiger partial charge in [0.1, 0.15) is 6.79 Å².